The van der Waals surface area contributed by atoms with Crippen molar-refractivity contribution in [2.75, 3.05) is 7.05 Å². The first kappa shape index (κ1) is 14.1. The van der Waals surface area contributed by atoms with Gasteiger partial charge in [-0.05, 0) is 11.6 Å². The number of benzene rings is 2. The molecule has 0 aromatic heterocycles. The van der Waals surface area contributed by atoms with Gasteiger partial charge < -0.3 is 0 Å². The highest BCUT2D eigenvalue weighted by Crippen LogP contribution is 2.24. The van der Waals surface area contributed by atoms with Crippen LogP contribution in [0.4, 0.5) is 5.69 Å². The molecule has 0 saturated carbocycles. The molecule has 108 valence electrons. The summed E-state index contributed by atoms with van der Waals surface area (Å²) in [4.78, 5) is 36.0. The molecular formula is C18H14NO3+. The Hall–Kier alpha value is -2.88. The molecule has 0 fully saturated rings. The lowest BCUT2D eigenvalue weighted by Crippen LogP contribution is -2.18. The van der Waals surface area contributed by atoms with E-state index in [0.29, 0.717) is 28.8 Å². The van der Waals surface area contributed by atoms with Crippen LogP contribution in [0.25, 0.3) is 0 Å². The molecular weight excluding hydrogens is 278 g/mol. The summed E-state index contributed by atoms with van der Waals surface area (Å²) in [5.41, 5.74) is 2.70. The fourth-order valence-electron chi connectivity index (χ4n) is 2.58. The summed E-state index contributed by atoms with van der Waals surface area (Å²) in [5, 5.41) is 0. The number of allylic oxidation sites excluding steroid dienone is 2. The molecule has 2 aromatic carbocycles. The molecule has 0 saturated heterocycles. The first-order chi connectivity index (χ1) is 10.6. The van der Waals surface area contributed by atoms with Gasteiger partial charge in [0.2, 0.25) is 0 Å². The number of hydrogen-bond acceptors (Lipinski definition) is 3. The second-order valence-corrected chi connectivity index (χ2v) is 5.25. The first-order valence-electron chi connectivity index (χ1n) is 6.94. The standard InChI is InChI=1S/C18H14NO3/c1-19(22)14-6-4-5-12(10-14)9-13-11-17(20)15-7-2-3-8-16(15)18(13)21/h2-8,10-11H,9H2,1H3/q+1. The maximum absolute atomic E-state index is 12.5. The van der Waals surface area contributed by atoms with Gasteiger partial charge in [0.25, 0.3) is 5.69 Å². The molecule has 0 heterocycles. The van der Waals surface area contributed by atoms with Gasteiger partial charge in [0.1, 0.15) is 0 Å². The molecule has 0 bridgehead atoms. The van der Waals surface area contributed by atoms with Crippen molar-refractivity contribution < 1.29 is 14.3 Å². The van der Waals surface area contributed by atoms with Gasteiger partial charge in [-0.25, -0.2) is 0 Å². The van der Waals surface area contributed by atoms with Crippen LogP contribution in [-0.2, 0) is 6.42 Å². The molecule has 0 spiro atoms. The number of nitrogens with zero attached hydrogens (tertiary/aromatic N) is 1. The van der Waals surface area contributed by atoms with Crippen molar-refractivity contribution >= 4 is 17.3 Å². The zero-order valence-corrected chi connectivity index (χ0v) is 12.1. The van der Waals surface area contributed by atoms with E-state index < -0.39 is 0 Å². The van der Waals surface area contributed by atoms with Crippen LogP contribution in [0.5, 0.6) is 0 Å². The number of carbonyl (C=O) groups is 2. The molecule has 22 heavy (non-hydrogen) atoms. The maximum atomic E-state index is 12.5. The zero-order valence-electron chi connectivity index (χ0n) is 12.1. The number of Topliss-reactive ketones (excluding diaryl/α,β-unsaturated/α-hetero) is 1. The van der Waals surface area contributed by atoms with Gasteiger partial charge in [0, 0.05) is 44.9 Å². The molecule has 0 radical (unpaired) electrons. The predicted octanol–water partition coefficient (Wildman–Crippen LogP) is 3.27. The van der Waals surface area contributed by atoms with Crippen molar-refractivity contribution in [2.45, 2.75) is 6.42 Å². The summed E-state index contributed by atoms with van der Waals surface area (Å²) in [5.74, 6) is -0.279. The molecule has 1 aliphatic carbocycles. The van der Waals surface area contributed by atoms with E-state index in [4.69, 9.17) is 0 Å². The molecule has 4 nitrogen and oxygen atoms in total. The fraction of sp³-hybridized carbons (Fsp3) is 0.111. The maximum Gasteiger partial charge on any atom is 0.255 e. The number of ketones is 2. The summed E-state index contributed by atoms with van der Waals surface area (Å²) in [7, 11) is 1.42. The van der Waals surface area contributed by atoms with Crippen LogP contribution in [0.15, 0.2) is 60.2 Å². The third-order valence-corrected chi connectivity index (χ3v) is 3.70. The topological polar surface area (TPSA) is 54.2 Å². The Morgan fingerprint density at radius 2 is 1.68 bits per heavy atom. The molecule has 0 amide bonds. The van der Waals surface area contributed by atoms with E-state index in [1.54, 1.807) is 42.5 Å². The summed E-state index contributed by atoms with van der Waals surface area (Å²) in [6.07, 6.45) is 1.73. The van der Waals surface area contributed by atoms with E-state index in [1.165, 1.54) is 13.1 Å². The molecule has 1 aliphatic rings. The SMILES string of the molecule is C[N+](=O)c1cccc(CC2=CC(=O)c3ccccc3C2=O)c1. The van der Waals surface area contributed by atoms with Crippen molar-refractivity contribution in [3.8, 4) is 0 Å². The predicted molar refractivity (Wildman–Crippen MR) is 82.5 cm³/mol. The van der Waals surface area contributed by atoms with E-state index in [-0.39, 0.29) is 11.6 Å². The molecule has 0 aliphatic heterocycles. The molecule has 3 rings (SSSR count). The third-order valence-electron chi connectivity index (χ3n) is 3.70. The number of rotatable bonds is 3. The largest absolute Gasteiger partial charge is 0.289 e. The highest BCUT2D eigenvalue weighted by molar-refractivity contribution is 6.24. The molecule has 2 aromatic rings. The summed E-state index contributed by atoms with van der Waals surface area (Å²) in [6, 6.07) is 13.9. The minimum Gasteiger partial charge on any atom is -0.289 e. The van der Waals surface area contributed by atoms with E-state index in [9.17, 15) is 14.5 Å². The lowest BCUT2D eigenvalue weighted by atomic mass is 9.87. The number of hydrogen-bond donors (Lipinski definition) is 0. The average Bonchev–Trinajstić information content (AvgIpc) is 2.52. The van der Waals surface area contributed by atoms with E-state index in [1.807, 2.05) is 6.07 Å². The van der Waals surface area contributed by atoms with Crippen LogP contribution < -0.4 is 0 Å². The van der Waals surface area contributed by atoms with Gasteiger partial charge in [-0.2, -0.15) is 0 Å². The highest BCUT2D eigenvalue weighted by atomic mass is 16.3. The monoisotopic (exact) mass is 292 g/mol. The van der Waals surface area contributed by atoms with Crippen LogP contribution >= 0.6 is 0 Å². The zero-order chi connectivity index (χ0) is 15.7. The second kappa shape index (κ2) is 5.48. The van der Waals surface area contributed by atoms with E-state index in [0.717, 1.165) is 10.3 Å². The normalized spacial score (nSPS) is 13.6. The van der Waals surface area contributed by atoms with Crippen LogP contribution in [0.1, 0.15) is 26.3 Å². The van der Waals surface area contributed by atoms with Crippen molar-refractivity contribution in [1.29, 1.82) is 0 Å². The van der Waals surface area contributed by atoms with Crippen molar-refractivity contribution in [1.82, 2.24) is 0 Å². The lowest BCUT2D eigenvalue weighted by Gasteiger charge is -2.14. The van der Waals surface area contributed by atoms with Gasteiger partial charge in [-0.1, -0.05) is 36.4 Å². The Kier molecular flexibility index (Phi) is 3.51. The van der Waals surface area contributed by atoms with Gasteiger partial charge in [-0.3, -0.25) is 9.59 Å². The number of fused-ring (bicyclic) bond motifs is 1. The summed E-state index contributed by atoms with van der Waals surface area (Å²) < 4.78 is 0.765. The minimum absolute atomic E-state index is 0.129. The summed E-state index contributed by atoms with van der Waals surface area (Å²) in [6.45, 7) is 0. The Labute approximate surface area is 127 Å². The van der Waals surface area contributed by atoms with Gasteiger partial charge in [0.05, 0.1) is 0 Å². The van der Waals surface area contributed by atoms with Gasteiger partial charge >= 0.3 is 0 Å². The number of carbonyl (C=O) groups excluding carboxylic acids is 2. The molecule has 0 N–H and O–H groups in total. The average molecular weight is 292 g/mol. The Morgan fingerprint density at radius 1 is 0.955 bits per heavy atom. The molecule has 0 atom stereocenters. The van der Waals surface area contributed by atoms with Crippen molar-refractivity contribution in [3.63, 3.8) is 0 Å². The van der Waals surface area contributed by atoms with Crippen LogP contribution in [0.3, 0.4) is 0 Å². The second-order valence-electron chi connectivity index (χ2n) is 5.25. The lowest BCUT2D eigenvalue weighted by molar-refractivity contribution is -0.428. The first-order valence-corrected chi connectivity index (χ1v) is 6.94. The fourth-order valence-corrected chi connectivity index (χ4v) is 2.58. The van der Waals surface area contributed by atoms with Crippen LogP contribution in [0.2, 0.25) is 0 Å². The van der Waals surface area contributed by atoms with E-state index in [2.05, 4.69) is 0 Å². The Balaban J connectivity index is 1.94. The minimum atomic E-state index is -0.151. The smallest absolute Gasteiger partial charge is 0.255 e. The van der Waals surface area contributed by atoms with Crippen molar-refractivity contribution in [3.05, 3.63) is 81.8 Å². The molecule has 4 heteroatoms. The van der Waals surface area contributed by atoms with E-state index >= 15 is 0 Å². The Bertz CT molecular complexity index is 834. The Morgan fingerprint density at radius 3 is 2.41 bits per heavy atom. The molecule has 0 unspecified atom stereocenters. The van der Waals surface area contributed by atoms with Gasteiger partial charge in [-0.15, -0.1) is 0 Å². The summed E-state index contributed by atoms with van der Waals surface area (Å²) >= 11 is 0. The highest BCUT2D eigenvalue weighted by Gasteiger charge is 2.25. The van der Waals surface area contributed by atoms with Crippen LogP contribution in [-0.4, -0.2) is 23.4 Å². The van der Waals surface area contributed by atoms with Crippen LogP contribution in [0, 0.1) is 4.91 Å². The van der Waals surface area contributed by atoms with Gasteiger partial charge in [0.15, 0.2) is 18.6 Å². The van der Waals surface area contributed by atoms with Crippen molar-refractivity contribution in [2.24, 2.45) is 0 Å². The number of nitroso groups, excluding NO2 is 1. The third kappa shape index (κ3) is 2.51. The quantitative estimate of drug-likeness (QED) is 0.816.